The van der Waals surface area contributed by atoms with Gasteiger partial charge in [-0.3, -0.25) is 0 Å². The lowest BCUT2D eigenvalue weighted by atomic mass is 9.91. The Morgan fingerprint density at radius 3 is 0.762 bits per heavy atom. The highest BCUT2D eigenvalue weighted by molar-refractivity contribution is 6.24. The Labute approximate surface area is 604 Å². The van der Waals surface area contributed by atoms with Crippen molar-refractivity contribution in [1.29, 1.82) is 0 Å². The average molecular weight is 1340 g/mol. The lowest BCUT2D eigenvalue weighted by molar-refractivity contribution is 1.06. The third kappa shape index (κ3) is 9.74. The van der Waals surface area contributed by atoms with Crippen molar-refractivity contribution in [2.45, 2.75) is 0 Å². The van der Waals surface area contributed by atoms with Crippen LogP contribution >= 0.6 is 0 Å². The van der Waals surface area contributed by atoms with Crippen molar-refractivity contribution < 1.29 is 0 Å². The third-order valence-electron chi connectivity index (χ3n) is 21.2. The van der Waals surface area contributed by atoms with Crippen molar-refractivity contribution in [3.8, 4) is 107 Å². The number of nitrogens with zero attached hydrogens (tertiary/aromatic N) is 7. The predicted molar refractivity (Wildman–Crippen MR) is 437 cm³/mol. The summed E-state index contributed by atoms with van der Waals surface area (Å²) >= 11 is 0. The van der Waals surface area contributed by atoms with Gasteiger partial charge in [0.2, 0.25) is 0 Å². The maximum atomic E-state index is 5.39. The lowest BCUT2D eigenvalue weighted by Gasteiger charge is -2.28. The zero-order valence-electron chi connectivity index (χ0n) is 56.8. The normalized spacial score (nSPS) is 11.8. The maximum Gasteiger partial charge on any atom is 0.160 e. The van der Waals surface area contributed by atoms with Gasteiger partial charge in [0.05, 0.1) is 72.9 Å². The minimum Gasteiger partial charge on any atom is -0.306 e. The molecule has 21 aromatic rings. The van der Waals surface area contributed by atoms with E-state index in [0.29, 0.717) is 11.6 Å². The molecule has 0 saturated carbocycles. The first-order valence-corrected chi connectivity index (χ1v) is 35.8. The number of hydrogen-bond acceptors (Lipinski definition) is 4. The Morgan fingerprint density at radius 1 is 0.171 bits per heavy atom. The molecule has 0 spiro atoms. The molecule has 0 N–H and O–H groups in total. The highest BCUT2D eigenvalue weighted by atomic mass is 15.1. The van der Waals surface area contributed by atoms with Crippen molar-refractivity contribution >= 4 is 97.7 Å². The molecule has 16 aromatic carbocycles. The Morgan fingerprint density at radius 2 is 0.429 bits per heavy atom. The summed E-state index contributed by atoms with van der Waals surface area (Å²) in [6.07, 6.45) is 0. The first kappa shape index (κ1) is 59.7. The molecule has 0 fully saturated rings. The van der Waals surface area contributed by atoms with Crippen LogP contribution < -0.4 is 0 Å². The molecule has 0 aliphatic rings. The summed E-state index contributed by atoms with van der Waals surface area (Å²) in [6, 6.07) is 134. The van der Waals surface area contributed by atoms with E-state index in [9.17, 15) is 0 Å². The van der Waals surface area contributed by atoms with Crippen LogP contribution in [0.3, 0.4) is 0 Å². The van der Waals surface area contributed by atoms with Crippen molar-refractivity contribution in [3.05, 3.63) is 370 Å². The van der Waals surface area contributed by atoms with Crippen LogP contribution in [0.1, 0.15) is 0 Å². The minimum atomic E-state index is 0.664. The van der Waals surface area contributed by atoms with Gasteiger partial charge in [-0.2, -0.15) is 0 Å². The summed E-state index contributed by atoms with van der Waals surface area (Å²) in [5.74, 6) is 1.33. The van der Waals surface area contributed by atoms with Crippen LogP contribution in [-0.2, 0) is 0 Å². The lowest BCUT2D eigenvalue weighted by Crippen LogP contribution is -2.13. The minimum absolute atomic E-state index is 0.664. The number of benzene rings is 16. The zero-order chi connectivity index (χ0) is 69.1. The first-order valence-electron chi connectivity index (χ1n) is 35.8. The third-order valence-corrected chi connectivity index (χ3v) is 21.2. The first-order chi connectivity index (χ1) is 52.1. The van der Waals surface area contributed by atoms with Crippen LogP contribution in [-0.4, -0.2) is 33.6 Å². The predicted octanol–water partition coefficient (Wildman–Crippen LogP) is 25.4. The highest BCUT2D eigenvalue weighted by Gasteiger charge is 2.32. The largest absolute Gasteiger partial charge is 0.306 e. The van der Waals surface area contributed by atoms with E-state index in [1.54, 1.807) is 0 Å². The Bertz CT molecular complexity index is 6580. The number of para-hydroxylation sites is 3. The van der Waals surface area contributed by atoms with Gasteiger partial charge in [-0.05, 0) is 63.7 Å². The van der Waals surface area contributed by atoms with Gasteiger partial charge in [-0.15, -0.1) is 0 Å². The Hall–Kier alpha value is -14.1. The second-order valence-corrected chi connectivity index (χ2v) is 27.2. The molecule has 7 heteroatoms. The molecule has 105 heavy (non-hydrogen) atoms. The van der Waals surface area contributed by atoms with Crippen molar-refractivity contribution in [2.24, 2.45) is 0 Å². The quantitative estimate of drug-likeness (QED) is 0.129. The summed E-state index contributed by atoms with van der Waals surface area (Å²) in [7, 11) is 0. The highest BCUT2D eigenvalue weighted by Crippen LogP contribution is 2.52. The molecule has 0 atom stereocenters. The average Bonchev–Trinajstić information content (AvgIpc) is 1.56. The van der Waals surface area contributed by atoms with Crippen LogP contribution in [0.4, 0.5) is 0 Å². The molecule has 0 unspecified atom stereocenters. The topological polar surface area (TPSA) is 66.3 Å². The fraction of sp³-hybridized carbons (Fsp3) is 0. The molecule has 5 aromatic heterocycles. The van der Waals surface area contributed by atoms with Crippen LogP contribution in [0, 0.1) is 0 Å². The summed E-state index contributed by atoms with van der Waals surface area (Å²) in [5.41, 5.74) is 23.0. The molecular weight excluding hydrogens is 1280 g/mol. The Kier molecular flexibility index (Phi) is 13.8. The van der Waals surface area contributed by atoms with E-state index >= 15 is 0 Å². The number of rotatable bonds is 11. The van der Waals surface area contributed by atoms with E-state index in [-0.39, 0.29) is 0 Å². The van der Waals surface area contributed by atoms with Gasteiger partial charge in [0.15, 0.2) is 11.6 Å². The fourth-order valence-electron chi connectivity index (χ4n) is 16.4. The van der Waals surface area contributed by atoms with E-state index in [1.165, 1.54) is 0 Å². The van der Waals surface area contributed by atoms with Crippen molar-refractivity contribution in [3.63, 3.8) is 0 Å². The molecule has 7 nitrogen and oxygen atoms in total. The molecule has 0 amide bonds. The summed E-state index contributed by atoms with van der Waals surface area (Å²) in [4.78, 5) is 21.2. The van der Waals surface area contributed by atoms with Crippen LogP contribution in [0.2, 0.25) is 0 Å². The summed E-state index contributed by atoms with van der Waals surface area (Å²) in [5, 5.41) is 13.9. The molecule has 0 aliphatic carbocycles. The molecular formula is C98H61N7. The summed E-state index contributed by atoms with van der Waals surface area (Å²) < 4.78 is 7.91. The fourth-order valence-corrected chi connectivity index (χ4v) is 16.4. The molecule has 0 bridgehead atoms. The van der Waals surface area contributed by atoms with Gasteiger partial charge < -0.3 is 13.7 Å². The zero-order valence-corrected chi connectivity index (χ0v) is 56.8. The summed E-state index contributed by atoms with van der Waals surface area (Å²) in [6.45, 7) is 0. The van der Waals surface area contributed by atoms with Gasteiger partial charge in [0.1, 0.15) is 0 Å². The molecule has 0 saturated heterocycles. The standard InChI is InChI=1S/C98H61N7/c1-5-28-67(29-6-1)84-60-86(101-97(99-84)71-32-9-3-10-33-71)69-49-45-65(46-50-69)82-59-83(66-47-51-70(52-48-66)87-61-85(68-30-7-2-8-31-68)100-98(102-87)72-34-11-4-12-35-72)95(104-89-43-23-20-40-77(89)80-57-54-63-26-14-17-37-74(63)92(80)104)96(105-90-44-24-21-41-78(90)81-58-55-64-27-15-18-38-75(64)93(81)105)94(82)103-88-42-22-19-39-76(88)79-56-53-62-25-13-16-36-73(62)91(79)103/h1-61H. The SMILES string of the molecule is c1ccc(-c2cc(-c3ccc(-c4cc(-c5ccc(-c6cc(-c7ccccc7)nc(-c7ccccc7)n6)cc5)c(-n5c6ccccc6c6ccc7ccccc7c65)c(-n5c6ccccc6c6ccc7ccccc7c65)c4-n4c5ccccc5c5ccc6ccccc6c54)cc3)nc(-c3ccccc3)n2)cc1. The van der Waals surface area contributed by atoms with E-state index < -0.39 is 0 Å². The van der Waals surface area contributed by atoms with E-state index in [1.807, 2.05) is 24.3 Å². The van der Waals surface area contributed by atoms with Crippen LogP contribution in [0.5, 0.6) is 0 Å². The van der Waals surface area contributed by atoms with E-state index in [0.717, 1.165) is 193 Å². The van der Waals surface area contributed by atoms with Gasteiger partial charge in [-0.1, -0.05) is 334 Å². The molecule has 5 heterocycles. The van der Waals surface area contributed by atoms with Crippen LogP contribution in [0.15, 0.2) is 370 Å². The Balaban J connectivity index is 0.951. The van der Waals surface area contributed by atoms with Crippen molar-refractivity contribution in [1.82, 2.24) is 33.6 Å². The van der Waals surface area contributed by atoms with E-state index in [2.05, 4.69) is 359 Å². The second kappa shape index (κ2) is 24.3. The molecule has 0 radical (unpaired) electrons. The monoisotopic (exact) mass is 1340 g/mol. The number of aromatic nitrogens is 7. The molecule has 0 aliphatic heterocycles. The van der Waals surface area contributed by atoms with Gasteiger partial charge in [0.25, 0.3) is 0 Å². The number of hydrogen-bond donors (Lipinski definition) is 0. The van der Waals surface area contributed by atoms with Crippen molar-refractivity contribution in [2.75, 3.05) is 0 Å². The smallest absolute Gasteiger partial charge is 0.160 e. The molecule has 21 rings (SSSR count). The van der Waals surface area contributed by atoms with Gasteiger partial charge >= 0.3 is 0 Å². The van der Waals surface area contributed by atoms with Crippen LogP contribution in [0.25, 0.3) is 205 Å². The van der Waals surface area contributed by atoms with Gasteiger partial charge in [-0.25, -0.2) is 19.9 Å². The number of fused-ring (bicyclic) bond motifs is 15. The van der Waals surface area contributed by atoms with E-state index in [4.69, 9.17) is 19.9 Å². The maximum absolute atomic E-state index is 5.39. The van der Waals surface area contributed by atoms with Gasteiger partial charge in [0, 0.05) is 93.0 Å². The second-order valence-electron chi connectivity index (χ2n) is 27.2. The molecule has 488 valence electrons.